The lowest BCUT2D eigenvalue weighted by atomic mass is 10.2. The van der Waals surface area contributed by atoms with Gasteiger partial charge in [-0.1, -0.05) is 11.6 Å². The maximum Gasteiger partial charge on any atom is 0.172 e. The predicted molar refractivity (Wildman–Crippen MR) is 74.6 cm³/mol. The molecule has 0 bridgehead atoms. The number of carbonyl (C=O) groups is 1. The van der Waals surface area contributed by atoms with E-state index in [0.717, 1.165) is 9.88 Å². The van der Waals surface area contributed by atoms with Gasteiger partial charge in [-0.3, -0.25) is 4.79 Å². The molecule has 1 heterocycles. The van der Waals surface area contributed by atoms with Gasteiger partial charge in [0.25, 0.3) is 0 Å². The second-order valence-electron chi connectivity index (χ2n) is 3.78. The molecule has 2 rings (SSSR count). The van der Waals surface area contributed by atoms with Crippen molar-refractivity contribution in [3.05, 3.63) is 38.8 Å². The van der Waals surface area contributed by atoms with Crippen molar-refractivity contribution in [3.8, 4) is 11.5 Å². The van der Waals surface area contributed by atoms with Crippen LogP contribution in [0.1, 0.15) is 20.2 Å². The number of thiazole rings is 1. The van der Waals surface area contributed by atoms with Gasteiger partial charge in [0.05, 0.1) is 22.6 Å². The fourth-order valence-corrected chi connectivity index (χ4v) is 2.52. The minimum absolute atomic E-state index is 0.338. The third-order valence-corrected chi connectivity index (χ3v) is 3.53. The Morgan fingerprint density at radius 2 is 2.26 bits per heavy atom. The summed E-state index contributed by atoms with van der Waals surface area (Å²) in [5.41, 5.74) is 0.366. The van der Waals surface area contributed by atoms with Crippen LogP contribution in [0.25, 0.3) is 0 Å². The topological polar surface area (TPSA) is 48.4 Å². The summed E-state index contributed by atoms with van der Waals surface area (Å²) in [6, 6.07) is 3.16. The lowest BCUT2D eigenvalue weighted by molar-refractivity contribution is 0.111. The first-order chi connectivity index (χ1) is 9.13. The molecule has 0 unspecified atom stereocenters. The number of halogens is 1. The van der Waals surface area contributed by atoms with Crippen molar-refractivity contribution < 1.29 is 14.3 Å². The first kappa shape index (κ1) is 13.8. The number of aromatic nitrogens is 1. The third kappa shape index (κ3) is 3.24. The van der Waals surface area contributed by atoms with Gasteiger partial charge >= 0.3 is 0 Å². The molecule has 1 aromatic carbocycles. The Hall–Kier alpha value is -1.59. The zero-order valence-corrected chi connectivity index (χ0v) is 12.0. The molecule has 0 amide bonds. The van der Waals surface area contributed by atoms with Gasteiger partial charge in [-0.15, -0.1) is 11.3 Å². The number of methoxy groups -OCH3 is 1. The second kappa shape index (κ2) is 6.04. The molecule has 0 spiro atoms. The molecule has 19 heavy (non-hydrogen) atoms. The van der Waals surface area contributed by atoms with Crippen molar-refractivity contribution in [2.45, 2.75) is 13.5 Å². The summed E-state index contributed by atoms with van der Waals surface area (Å²) in [5.74, 6) is 0.837. The summed E-state index contributed by atoms with van der Waals surface area (Å²) < 4.78 is 10.8. The normalized spacial score (nSPS) is 10.3. The molecule has 0 saturated carbocycles. The van der Waals surface area contributed by atoms with E-state index in [4.69, 9.17) is 21.1 Å². The van der Waals surface area contributed by atoms with E-state index < -0.39 is 0 Å². The summed E-state index contributed by atoms with van der Waals surface area (Å²) >= 11 is 7.44. The van der Waals surface area contributed by atoms with Crippen molar-refractivity contribution >= 4 is 29.2 Å². The molecule has 1 aromatic heterocycles. The predicted octanol–water partition coefficient (Wildman–Crippen LogP) is 3.51. The molecule has 0 aliphatic carbocycles. The quantitative estimate of drug-likeness (QED) is 0.793. The maximum atomic E-state index is 11.1. The summed E-state index contributed by atoms with van der Waals surface area (Å²) in [5, 5.41) is 1.40. The van der Waals surface area contributed by atoms with Crippen LogP contribution >= 0.6 is 22.9 Å². The highest BCUT2D eigenvalue weighted by molar-refractivity contribution is 7.11. The van der Waals surface area contributed by atoms with Gasteiger partial charge in [-0.2, -0.15) is 0 Å². The number of nitrogens with zero attached hydrogens (tertiary/aromatic N) is 1. The van der Waals surface area contributed by atoms with Crippen LogP contribution in [-0.4, -0.2) is 18.4 Å². The van der Waals surface area contributed by atoms with Crippen LogP contribution in [0.4, 0.5) is 0 Å². The van der Waals surface area contributed by atoms with E-state index in [9.17, 15) is 4.79 Å². The molecule has 4 nitrogen and oxygen atoms in total. The van der Waals surface area contributed by atoms with Crippen molar-refractivity contribution in [3.63, 3.8) is 0 Å². The molecule has 0 aliphatic heterocycles. The summed E-state index contributed by atoms with van der Waals surface area (Å²) in [4.78, 5) is 16.2. The fraction of sp³-hybridized carbons (Fsp3) is 0.231. The average molecular weight is 298 g/mol. The average Bonchev–Trinajstić information content (AvgIpc) is 2.81. The van der Waals surface area contributed by atoms with Crippen molar-refractivity contribution in [2.24, 2.45) is 0 Å². The first-order valence-corrected chi connectivity index (χ1v) is 6.70. The van der Waals surface area contributed by atoms with E-state index in [1.165, 1.54) is 7.11 Å². The van der Waals surface area contributed by atoms with E-state index in [1.807, 2.05) is 6.92 Å². The molecule has 0 atom stereocenters. The zero-order chi connectivity index (χ0) is 13.8. The van der Waals surface area contributed by atoms with Crippen molar-refractivity contribution in [2.75, 3.05) is 7.11 Å². The van der Waals surface area contributed by atoms with Gasteiger partial charge in [0.15, 0.2) is 17.8 Å². The van der Waals surface area contributed by atoms with Crippen LogP contribution in [0.15, 0.2) is 18.3 Å². The zero-order valence-electron chi connectivity index (χ0n) is 10.5. The molecular weight excluding hydrogens is 286 g/mol. The van der Waals surface area contributed by atoms with Crippen LogP contribution in [0, 0.1) is 6.92 Å². The maximum absolute atomic E-state index is 11.1. The van der Waals surface area contributed by atoms with E-state index in [0.29, 0.717) is 35.0 Å². The molecule has 0 N–H and O–H groups in total. The highest BCUT2D eigenvalue weighted by Gasteiger charge is 2.13. The Balaban J connectivity index is 2.25. The number of rotatable bonds is 5. The minimum Gasteiger partial charge on any atom is -0.493 e. The molecule has 2 aromatic rings. The van der Waals surface area contributed by atoms with Crippen LogP contribution in [0.3, 0.4) is 0 Å². The number of aldehydes is 1. The number of benzene rings is 1. The lowest BCUT2D eigenvalue weighted by Crippen LogP contribution is -2.00. The van der Waals surface area contributed by atoms with Gasteiger partial charge < -0.3 is 9.47 Å². The van der Waals surface area contributed by atoms with E-state index in [-0.39, 0.29) is 0 Å². The monoisotopic (exact) mass is 297 g/mol. The van der Waals surface area contributed by atoms with Crippen LogP contribution in [-0.2, 0) is 6.61 Å². The van der Waals surface area contributed by atoms with Gasteiger partial charge in [-0.25, -0.2) is 4.98 Å². The number of ether oxygens (including phenoxy) is 2. The van der Waals surface area contributed by atoms with Gasteiger partial charge in [0.1, 0.15) is 6.61 Å². The Labute approximate surface area is 120 Å². The van der Waals surface area contributed by atoms with Gasteiger partial charge in [-0.05, 0) is 13.0 Å². The highest BCUT2D eigenvalue weighted by atomic mass is 35.5. The molecule has 6 heteroatoms. The number of carbonyl (C=O) groups excluding carboxylic acids is 1. The molecule has 0 aliphatic rings. The Morgan fingerprint density at radius 1 is 1.47 bits per heavy atom. The third-order valence-electron chi connectivity index (χ3n) is 2.42. The summed E-state index contributed by atoms with van der Waals surface area (Å²) in [7, 11) is 1.50. The van der Waals surface area contributed by atoms with Gasteiger partial charge in [0.2, 0.25) is 0 Å². The molecular formula is C13H12ClNO3S. The van der Waals surface area contributed by atoms with Crippen LogP contribution in [0.2, 0.25) is 5.02 Å². The standard InChI is InChI=1S/C13H12ClNO3S/c1-8-15-5-11(19-8)7-18-13-9(6-16)3-10(14)4-12(13)17-2/h3-6H,7H2,1-2H3. The van der Waals surface area contributed by atoms with Crippen LogP contribution in [0.5, 0.6) is 11.5 Å². The Morgan fingerprint density at radius 3 is 2.84 bits per heavy atom. The van der Waals surface area contributed by atoms with Crippen LogP contribution < -0.4 is 9.47 Å². The smallest absolute Gasteiger partial charge is 0.172 e. The minimum atomic E-state index is 0.338. The Bertz CT molecular complexity index is 598. The lowest BCUT2D eigenvalue weighted by Gasteiger charge is -2.12. The fourth-order valence-electron chi connectivity index (χ4n) is 1.60. The molecule has 0 fully saturated rings. The van der Waals surface area contributed by atoms with Gasteiger partial charge in [0, 0.05) is 17.3 Å². The number of hydrogen-bond acceptors (Lipinski definition) is 5. The van der Waals surface area contributed by atoms with E-state index >= 15 is 0 Å². The Kier molecular flexibility index (Phi) is 4.39. The van der Waals surface area contributed by atoms with E-state index in [1.54, 1.807) is 29.7 Å². The van der Waals surface area contributed by atoms with Crippen molar-refractivity contribution in [1.29, 1.82) is 0 Å². The van der Waals surface area contributed by atoms with E-state index in [2.05, 4.69) is 4.98 Å². The van der Waals surface area contributed by atoms with Crippen molar-refractivity contribution in [1.82, 2.24) is 4.98 Å². The SMILES string of the molecule is COc1cc(Cl)cc(C=O)c1OCc1cnc(C)s1. The largest absolute Gasteiger partial charge is 0.493 e. The second-order valence-corrected chi connectivity index (χ2v) is 5.53. The number of hydrogen-bond donors (Lipinski definition) is 0. The first-order valence-electron chi connectivity index (χ1n) is 5.51. The summed E-state index contributed by atoms with van der Waals surface area (Å²) in [6.07, 6.45) is 2.45. The molecule has 0 saturated heterocycles. The molecule has 0 radical (unpaired) electrons. The number of aryl methyl sites for hydroxylation is 1. The summed E-state index contributed by atoms with van der Waals surface area (Å²) in [6.45, 7) is 2.26. The molecule has 100 valence electrons. The highest BCUT2D eigenvalue weighted by Crippen LogP contribution is 2.34.